The number of fused-ring (bicyclic) bond motifs is 1. The quantitative estimate of drug-likeness (QED) is 0.366. The van der Waals surface area contributed by atoms with E-state index in [1.807, 2.05) is 0 Å². The number of nitrogens with zero attached hydrogens (tertiary/aromatic N) is 4. The van der Waals surface area contributed by atoms with E-state index in [2.05, 4.69) is 53.7 Å². The summed E-state index contributed by atoms with van der Waals surface area (Å²) in [6.07, 6.45) is 3.51. The van der Waals surface area contributed by atoms with E-state index < -0.39 is 14.1 Å². The molecule has 2 aromatic heterocycles. The summed E-state index contributed by atoms with van der Waals surface area (Å²) >= 11 is 11.9. The normalized spacial score (nSPS) is 18.5. The first-order valence-corrected chi connectivity index (χ1v) is 12.8. The summed E-state index contributed by atoms with van der Waals surface area (Å²) in [6, 6.07) is 0.159. The molecule has 148 valence electrons. The predicted octanol–water partition coefficient (Wildman–Crippen LogP) is 5.46. The maximum absolute atomic E-state index is 14.4. The molecule has 5 nitrogen and oxygen atoms in total. The van der Waals surface area contributed by atoms with Gasteiger partial charge in [0.2, 0.25) is 5.28 Å². The van der Waals surface area contributed by atoms with Gasteiger partial charge in [-0.2, -0.15) is 4.98 Å². The molecule has 0 aliphatic carbocycles. The molecule has 27 heavy (non-hydrogen) atoms. The van der Waals surface area contributed by atoms with Crippen LogP contribution < -0.4 is 4.90 Å². The molecular formula is C18H25Cl2FN4OSi. The molecule has 0 radical (unpaired) electrons. The number of anilines is 1. The smallest absolute Gasteiger partial charge is 0.225 e. The van der Waals surface area contributed by atoms with Gasteiger partial charge < -0.3 is 9.33 Å². The van der Waals surface area contributed by atoms with Crippen molar-refractivity contribution in [1.29, 1.82) is 0 Å². The third kappa shape index (κ3) is 4.06. The first-order chi connectivity index (χ1) is 12.5. The van der Waals surface area contributed by atoms with Gasteiger partial charge in [-0.3, -0.25) is 0 Å². The zero-order chi connectivity index (χ0) is 20.0. The molecule has 0 N–H and O–H groups in total. The molecule has 0 spiro atoms. The number of rotatable bonds is 4. The average Bonchev–Trinajstić information content (AvgIpc) is 3.03. The third-order valence-corrected chi connectivity index (χ3v) is 10.6. The lowest BCUT2D eigenvalue weighted by atomic mass is 10.2. The Kier molecular flexibility index (Phi) is 5.69. The Morgan fingerprint density at radius 1 is 1.30 bits per heavy atom. The Bertz CT molecular complexity index is 859. The SMILES string of the molecule is CC(C)(C)[Si](C)(C)OC[C@@H]1CCCN1c1nc(Cl)nc2c(F)c(Cl)ncc12. The number of hydrogen-bond donors (Lipinski definition) is 0. The Labute approximate surface area is 170 Å². The van der Waals surface area contributed by atoms with Crippen LogP contribution in [0.25, 0.3) is 10.9 Å². The predicted molar refractivity (Wildman–Crippen MR) is 111 cm³/mol. The van der Waals surface area contributed by atoms with Crippen molar-refractivity contribution < 1.29 is 8.82 Å². The van der Waals surface area contributed by atoms with Crippen LogP contribution in [0.2, 0.25) is 28.6 Å². The molecule has 2 aromatic rings. The fourth-order valence-corrected chi connectivity index (χ4v) is 4.37. The van der Waals surface area contributed by atoms with E-state index in [4.69, 9.17) is 27.6 Å². The van der Waals surface area contributed by atoms with Crippen LogP contribution in [0.3, 0.4) is 0 Å². The number of aromatic nitrogens is 3. The first kappa shape index (κ1) is 20.7. The highest BCUT2D eigenvalue weighted by molar-refractivity contribution is 6.74. The van der Waals surface area contributed by atoms with Crippen LogP contribution in [-0.2, 0) is 4.43 Å². The number of pyridine rings is 1. The van der Waals surface area contributed by atoms with Crippen LogP contribution in [0.4, 0.5) is 10.2 Å². The highest BCUT2D eigenvalue weighted by Crippen LogP contribution is 2.38. The zero-order valence-electron chi connectivity index (χ0n) is 16.3. The monoisotopic (exact) mass is 430 g/mol. The summed E-state index contributed by atoms with van der Waals surface area (Å²) in [5.74, 6) is -0.0811. The molecule has 0 amide bonds. The van der Waals surface area contributed by atoms with Crippen LogP contribution >= 0.6 is 23.2 Å². The molecule has 9 heteroatoms. The summed E-state index contributed by atoms with van der Waals surface area (Å²) < 4.78 is 20.8. The maximum Gasteiger partial charge on any atom is 0.225 e. The lowest BCUT2D eigenvalue weighted by molar-refractivity contribution is 0.263. The van der Waals surface area contributed by atoms with Crippen LogP contribution in [-0.4, -0.2) is 42.5 Å². The van der Waals surface area contributed by atoms with Gasteiger partial charge in [-0.05, 0) is 42.6 Å². The van der Waals surface area contributed by atoms with Crippen molar-refractivity contribution in [3.05, 3.63) is 22.5 Å². The molecule has 0 aromatic carbocycles. The van der Waals surface area contributed by atoms with E-state index in [1.54, 1.807) is 0 Å². The largest absolute Gasteiger partial charge is 0.415 e. The highest BCUT2D eigenvalue weighted by Gasteiger charge is 2.39. The molecule has 3 heterocycles. The second-order valence-corrected chi connectivity index (χ2v) is 14.0. The van der Waals surface area contributed by atoms with Crippen molar-refractivity contribution in [2.45, 2.75) is 57.8 Å². The summed E-state index contributed by atoms with van der Waals surface area (Å²) in [6.45, 7) is 12.6. The van der Waals surface area contributed by atoms with E-state index in [-0.39, 0.29) is 27.0 Å². The minimum Gasteiger partial charge on any atom is -0.415 e. The zero-order valence-corrected chi connectivity index (χ0v) is 18.8. The van der Waals surface area contributed by atoms with Crippen LogP contribution in [0, 0.1) is 5.82 Å². The van der Waals surface area contributed by atoms with Crippen molar-refractivity contribution in [2.24, 2.45) is 0 Å². The molecule has 1 atom stereocenters. The second-order valence-electron chi connectivity index (χ2n) is 8.50. The van der Waals surface area contributed by atoms with Gasteiger partial charge in [0, 0.05) is 12.7 Å². The van der Waals surface area contributed by atoms with Gasteiger partial charge in [-0.1, -0.05) is 32.4 Å². The summed E-state index contributed by atoms with van der Waals surface area (Å²) in [7, 11) is -1.86. The van der Waals surface area contributed by atoms with Gasteiger partial charge >= 0.3 is 0 Å². The number of halogens is 3. The van der Waals surface area contributed by atoms with Crippen molar-refractivity contribution in [3.8, 4) is 0 Å². The fraction of sp³-hybridized carbons (Fsp3) is 0.611. The van der Waals surface area contributed by atoms with Crippen molar-refractivity contribution >= 4 is 48.2 Å². The Morgan fingerprint density at radius 2 is 2.00 bits per heavy atom. The standard InChI is InChI=1S/C18H25Cl2FN4OSi/c1-18(2,3)27(4,5)26-10-11-7-6-8-25(11)16-12-9-22-15(19)13(21)14(12)23-17(20)24-16/h9,11H,6-8,10H2,1-5H3/t11-/m0/s1. The molecule has 0 saturated carbocycles. The van der Waals surface area contributed by atoms with E-state index in [0.717, 1.165) is 19.4 Å². The van der Waals surface area contributed by atoms with Crippen molar-refractivity contribution in [1.82, 2.24) is 15.0 Å². The van der Waals surface area contributed by atoms with E-state index in [0.29, 0.717) is 17.8 Å². The van der Waals surface area contributed by atoms with Gasteiger partial charge in [-0.15, -0.1) is 0 Å². The Balaban J connectivity index is 1.93. The van der Waals surface area contributed by atoms with E-state index >= 15 is 0 Å². The lowest BCUT2D eigenvalue weighted by Crippen LogP contribution is -2.45. The van der Waals surface area contributed by atoms with E-state index in [1.165, 1.54) is 6.20 Å². The van der Waals surface area contributed by atoms with E-state index in [9.17, 15) is 4.39 Å². The minimum absolute atomic E-state index is 0.00497. The summed E-state index contributed by atoms with van der Waals surface area (Å²) in [4.78, 5) is 14.5. The highest BCUT2D eigenvalue weighted by atomic mass is 35.5. The van der Waals surface area contributed by atoms with Crippen molar-refractivity contribution in [2.75, 3.05) is 18.1 Å². The molecule has 1 aliphatic heterocycles. The average molecular weight is 431 g/mol. The molecule has 1 fully saturated rings. The molecule has 0 unspecified atom stereocenters. The number of hydrogen-bond acceptors (Lipinski definition) is 5. The minimum atomic E-state index is -1.86. The topological polar surface area (TPSA) is 51.1 Å². The third-order valence-electron chi connectivity index (χ3n) is 5.69. The fourth-order valence-electron chi connectivity index (χ4n) is 3.02. The summed E-state index contributed by atoms with van der Waals surface area (Å²) in [5, 5.41) is 0.433. The van der Waals surface area contributed by atoms with Gasteiger partial charge in [0.25, 0.3) is 0 Å². The van der Waals surface area contributed by atoms with Gasteiger partial charge in [0.15, 0.2) is 19.3 Å². The second kappa shape index (κ2) is 7.42. The molecule has 1 aliphatic rings. The molecule has 3 rings (SSSR count). The molecule has 0 bridgehead atoms. The van der Waals surface area contributed by atoms with Gasteiger partial charge in [0.05, 0.1) is 18.0 Å². The summed E-state index contributed by atoms with van der Waals surface area (Å²) in [5.41, 5.74) is 0.0981. The van der Waals surface area contributed by atoms with Gasteiger partial charge in [-0.25, -0.2) is 14.4 Å². The lowest BCUT2D eigenvalue weighted by Gasteiger charge is -2.38. The Hall–Kier alpha value is -1.02. The Morgan fingerprint density at radius 3 is 2.67 bits per heavy atom. The van der Waals surface area contributed by atoms with Crippen LogP contribution in [0.5, 0.6) is 0 Å². The molecular weight excluding hydrogens is 406 g/mol. The maximum atomic E-state index is 14.4. The first-order valence-electron chi connectivity index (χ1n) is 9.09. The van der Waals surface area contributed by atoms with Crippen LogP contribution in [0.15, 0.2) is 6.20 Å². The molecule has 1 saturated heterocycles. The van der Waals surface area contributed by atoms with Crippen molar-refractivity contribution in [3.63, 3.8) is 0 Å². The van der Waals surface area contributed by atoms with Crippen LogP contribution in [0.1, 0.15) is 33.6 Å². The van der Waals surface area contributed by atoms with Gasteiger partial charge in [0.1, 0.15) is 11.3 Å².